The van der Waals surface area contributed by atoms with Crippen LogP contribution in [0.25, 0.3) is 0 Å². The summed E-state index contributed by atoms with van der Waals surface area (Å²) in [6.07, 6.45) is 1.50. The molecule has 7 heteroatoms. The molecule has 1 saturated heterocycles. The first-order valence-corrected chi connectivity index (χ1v) is 7.44. The van der Waals surface area contributed by atoms with E-state index in [1.165, 1.54) is 6.33 Å². The first kappa shape index (κ1) is 12.1. The molecule has 1 aromatic rings. The smallest absolute Gasteiger partial charge is 0.153 e. The second-order valence-electron chi connectivity index (χ2n) is 3.93. The van der Waals surface area contributed by atoms with Gasteiger partial charge in [0.05, 0.1) is 11.5 Å². The van der Waals surface area contributed by atoms with E-state index in [-0.39, 0.29) is 11.5 Å². The fourth-order valence-electron chi connectivity index (χ4n) is 1.74. The summed E-state index contributed by atoms with van der Waals surface area (Å²) in [5.41, 5.74) is 0. The summed E-state index contributed by atoms with van der Waals surface area (Å²) in [6.45, 7) is 3.80. The molecule has 6 nitrogen and oxygen atoms in total. The molecule has 1 N–H and O–H groups in total. The van der Waals surface area contributed by atoms with Crippen molar-refractivity contribution in [3.63, 3.8) is 0 Å². The Morgan fingerprint density at radius 2 is 2.06 bits per heavy atom. The summed E-state index contributed by atoms with van der Waals surface area (Å²) in [5.74, 6) is 1.96. The highest BCUT2D eigenvalue weighted by atomic mass is 32.2. The lowest BCUT2D eigenvalue weighted by molar-refractivity contribution is 0.586. The Balaban J connectivity index is 2.10. The number of nitrogens with zero attached hydrogens (tertiary/aromatic N) is 3. The molecule has 0 bridgehead atoms. The maximum Gasteiger partial charge on any atom is 0.153 e. The zero-order valence-corrected chi connectivity index (χ0v) is 10.6. The molecule has 0 aromatic carbocycles. The van der Waals surface area contributed by atoms with Gasteiger partial charge in [0.15, 0.2) is 9.84 Å². The number of rotatable bonds is 3. The Hall–Kier alpha value is -1.37. The van der Waals surface area contributed by atoms with Crippen LogP contribution in [0.15, 0.2) is 12.4 Å². The van der Waals surface area contributed by atoms with Crippen LogP contribution in [0.2, 0.25) is 0 Å². The van der Waals surface area contributed by atoms with E-state index in [1.807, 2.05) is 17.9 Å². The van der Waals surface area contributed by atoms with Crippen molar-refractivity contribution in [2.45, 2.75) is 6.92 Å². The highest BCUT2D eigenvalue weighted by Crippen LogP contribution is 2.16. The van der Waals surface area contributed by atoms with Gasteiger partial charge >= 0.3 is 0 Å². The Labute approximate surface area is 101 Å². The molecule has 17 heavy (non-hydrogen) atoms. The van der Waals surface area contributed by atoms with E-state index in [0.717, 1.165) is 18.2 Å². The zero-order chi connectivity index (χ0) is 12.3. The fraction of sp³-hybridized carbons (Fsp3) is 0.600. The number of hydrogen-bond donors (Lipinski definition) is 1. The molecule has 1 fully saturated rings. The standard InChI is InChI=1S/C10H16N4O2S/c1-2-11-9-7-10(13-8-12-9)14-3-5-17(15,16)6-4-14/h7-8H,2-6H2,1H3,(H,11,12,13). The van der Waals surface area contributed by atoms with Crippen LogP contribution in [0.5, 0.6) is 0 Å². The lowest BCUT2D eigenvalue weighted by Crippen LogP contribution is -2.40. The van der Waals surface area contributed by atoms with E-state index in [2.05, 4.69) is 15.3 Å². The minimum Gasteiger partial charge on any atom is -0.370 e. The molecule has 2 rings (SSSR count). The SMILES string of the molecule is CCNc1cc(N2CCS(=O)(=O)CC2)ncn1. The summed E-state index contributed by atoms with van der Waals surface area (Å²) in [6, 6.07) is 1.85. The van der Waals surface area contributed by atoms with Crippen molar-refractivity contribution >= 4 is 21.5 Å². The molecular formula is C10H16N4O2S. The highest BCUT2D eigenvalue weighted by Gasteiger charge is 2.22. The predicted molar refractivity (Wildman–Crippen MR) is 67.1 cm³/mol. The minimum absolute atomic E-state index is 0.202. The van der Waals surface area contributed by atoms with E-state index < -0.39 is 9.84 Å². The molecule has 0 unspecified atom stereocenters. The minimum atomic E-state index is -2.84. The van der Waals surface area contributed by atoms with Gasteiger partial charge in [0, 0.05) is 25.7 Å². The number of aromatic nitrogens is 2. The molecule has 1 aliphatic heterocycles. The summed E-state index contributed by atoms with van der Waals surface area (Å²) in [4.78, 5) is 10.2. The summed E-state index contributed by atoms with van der Waals surface area (Å²) < 4.78 is 22.7. The summed E-state index contributed by atoms with van der Waals surface area (Å²) in [5, 5.41) is 3.11. The van der Waals surface area contributed by atoms with E-state index in [9.17, 15) is 8.42 Å². The van der Waals surface area contributed by atoms with Gasteiger partial charge in [-0.1, -0.05) is 0 Å². The molecule has 0 amide bonds. The van der Waals surface area contributed by atoms with Crippen molar-refractivity contribution in [2.24, 2.45) is 0 Å². The second-order valence-corrected chi connectivity index (χ2v) is 6.23. The van der Waals surface area contributed by atoms with Gasteiger partial charge < -0.3 is 10.2 Å². The van der Waals surface area contributed by atoms with Crippen molar-refractivity contribution in [1.82, 2.24) is 9.97 Å². The summed E-state index contributed by atoms with van der Waals surface area (Å²) in [7, 11) is -2.84. The van der Waals surface area contributed by atoms with Gasteiger partial charge in [-0.2, -0.15) is 0 Å². The second kappa shape index (κ2) is 4.87. The third kappa shape index (κ3) is 3.06. The van der Waals surface area contributed by atoms with Gasteiger partial charge in [-0.3, -0.25) is 0 Å². The van der Waals surface area contributed by atoms with Crippen molar-refractivity contribution in [1.29, 1.82) is 0 Å². The van der Waals surface area contributed by atoms with Gasteiger partial charge in [0.25, 0.3) is 0 Å². The molecule has 1 aromatic heterocycles. The largest absolute Gasteiger partial charge is 0.370 e. The van der Waals surface area contributed by atoms with Crippen molar-refractivity contribution in [3.05, 3.63) is 12.4 Å². The number of sulfone groups is 1. The Morgan fingerprint density at radius 3 is 2.71 bits per heavy atom. The molecule has 0 radical (unpaired) electrons. The predicted octanol–water partition coefficient (Wildman–Crippen LogP) is 0.143. The summed E-state index contributed by atoms with van der Waals surface area (Å²) >= 11 is 0. The monoisotopic (exact) mass is 256 g/mol. The van der Waals surface area contributed by atoms with Crippen LogP contribution in [0.3, 0.4) is 0 Å². The van der Waals surface area contributed by atoms with Gasteiger partial charge in [0.2, 0.25) is 0 Å². The Kier molecular flexibility index (Phi) is 3.46. The van der Waals surface area contributed by atoms with Gasteiger partial charge in [-0.05, 0) is 6.92 Å². The lowest BCUT2D eigenvalue weighted by atomic mass is 10.4. The van der Waals surface area contributed by atoms with Gasteiger partial charge in [0.1, 0.15) is 18.0 Å². The van der Waals surface area contributed by atoms with Gasteiger partial charge in [-0.15, -0.1) is 0 Å². The molecular weight excluding hydrogens is 240 g/mol. The quantitative estimate of drug-likeness (QED) is 0.829. The van der Waals surface area contributed by atoms with Crippen LogP contribution in [0.1, 0.15) is 6.92 Å². The topological polar surface area (TPSA) is 75.2 Å². The Bertz CT molecular complexity index is 475. The maximum atomic E-state index is 11.3. The molecule has 0 saturated carbocycles. The zero-order valence-electron chi connectivity index (χ0n) is 9.76. The maximum absolute atomic E-state index is 11.3. The molecule has 94 valence electrons. The lowest BCUT2D eigenvalue weighted by Gasteiger charge is -2.27. The normalized spacial score (nSPS) is 19.0. The van der Waals surface area contributed by atoms with Crippen molar-refractivity contribution < 1.29 is 8.42 Å². The first-order chi connectivity index (χ1) is 8.11. The van der Waals surface area contributed by atoms with E-state index in [0.29, 0.717) is 13.1 Å². The third-order valence-corrected chi connectivity index (χ3v) is 4.29. The van der Waals surface area contributed by atoms with Crippen LogP contribution in [-0.2, 0) is 9.84 Å². The number of nitrogens with one attached hydrogen (secondary N) is 1. The van der Waals surface area contributed by atoms with Crippen molar-refractivity contribution in [2.75, 3.05) is 41.4 Å². The molecule has 1 aliphatic rings. The van der Waals surface area contributed by atoms with Crippen LogP contribution >= 0.6 is 0 Å². The average Bonchev–Trinajstić information content (AvgIpc) is 2.30. The number of hydrogen-bond acceptors (Lipinski definition) is 6. The van der Waals surface area contributed by atoms with E-state index in [1.54, 1.807) is 0 Å². The number of anilines is 2. The first-order valence-electron chi connectivity index (χ1n) is 5.62. The average molecular weight is 256 g/mol. The third-order valence-electron chi connectivity index (χ3n) is 2.68. The van der Waals surface area contributed by atoms with Crippen LogP contribution in [0, 0.1) is 0 Å². The molecule has 2 heterocycles. The molecule has 0 atom stereocenters. The van der Waals surface area contributed by atoms with E-state index in [4.69, 9.17) is 0 Å². The van der Waals surface area contributed by atoms with Gasteiger partial charge in [-0.25, -0.2) is 18.4 Å². The van der Waals surface area contributed by atoms with E-state index >= 15 is 0 Å². The van der Waals surface area contributed by atoms with Crippen LogP contribution in [0.4, 0.5) is 11.6 Å². The molecule has 0 aliphatic carbocycles. The van der Waals surface area contributed by atoms with Crippen molar-refractivity contribution in [3.8, 4) is 0 Å². The fourth-order valence-corrected chi connectivity index (χ4v) is 2.94. The Morgan fingerprint density at radius 1 is 1.35 bits per heavy atom. The molecule has 0 spiro atoms. The van der Waals surface area contributed by atoms with Crippen LogP contribution in [-0.4, -0.2) is 49.5 Å². The highest BCUT2D eigenvalue weighted by molar-refractivity contribution is 7.91. The van der Waals surface area contributed by atoms with Crippen LogP contribution < -0.4 is 10.2 Å².